The fourth-order valence-corrected chi connectivity index (χ4v) is 3.62. The van der Waals surface area contributed by atoms with Crippen molar-refractivity contribution in [3.8, 4) is 5.75 Å². The number of esters is 1. The number of hydrogen-bond acceptors (Lipinski definition) is 5. The van der Waals surface area contributed by atoms with Crippen LogP contribution in [0.3, 0.4) is 0 Å². The van der Waals surface area contributed by atoms with E-state index in [1.165, 1.54) is 19.3 Å². The van der Waals surface area contributed by atoms with Crippen LogP contribution in [-0.2, 0) is 19.1 Å². The van der Waals surface area contributed by atoms with E-state index >= 15 is 0 Å². The van der Waals surface area contributed by atoms with Crippen LogP contribution in [0.4, 0.5) is 0 Å². The quantitative estimate of drug-likeness (QED) is 0.597. The summed E-state index contributed by atoms with van der Waals surface area (Å²) in [5.74, 6) is -0.850. The van der Waals surface area contributed by atoms with Gasteiger partial charge in [-0.2, -0.15) is 0 Å². The highest BCUT2D eigenvalue weighted by Gasteiger charge is 2.38. The first-order valence-electron chi connectivity index (χ1n) is 8.35. The van der Waals surface area contributed by atoms with Gasteiger partial charge in [-0.3, -0.25) is 4.79 Å². The van der Waals surface area contributed by atoms with E-state index < -0.39 is 5.97 Å². The summed E-state index contributed by atoms with van der Waals surface area (Å²) in [5, 5.41) is 10.1. The molecule has 1 fully saturated rings. The van der Waals surface area contributed by atoms with Crippen LogP contribution >= 0.6 is 15.9 Å². The lowest BCUT2D eigenvalue weighted by molar-refractivity contribution is -0.136. The minimum absolute atomic E-state index is 0.0212. The number of benzene rings is 1. The van der Waals surface area contributed by atoms with Crippen molar-refractivity contribution in [3.05, 3.63) is 45.1 Å². The lowest BCUT2D eigenvalue weighted by atomic mass is 10.0. The van der Waals surface area contributed by atoms with Crippen molar-refractivity contribution in [2.75, 3.05) is 20.3 Å². The average Bonchev–Trinajstić information content (AvgIpc) is 3.21. The van der Waals surface area contributed by atoms with Gasteiger partial charge in [0.1, 0.15) is 5.75 Å². The van der Waals surface area contributed by atoms with Crippen molar-refractivity contribution in [1.29, 1.82) is 0 Å². The number of carbonyl (C=O) groups is 2. The Bertz CT molecular complexity index is 808. The van der Waals surface area contributed by atoms with E-state index in [0.29, 0.717) is 24.4 Å². The van der Waals surface area contributed by atoms with Crippen LogP contribution in [-0.4, -0.2) is 48.2 Å². The number of amides is 1. The Morgan fingerprint density at radius 3 is 2.92 bits per heavy atom. The number of allylic oxidation sites excluding steroid dienone is 1. The molecular weight excluding hydrogens is 402 g/mol. The third-order valence-corrected chi connectivity index (χ3v) is 5.09. The molecule has 0 aromatic heterocycles. The first kappa shape index (κ1) is 18.7. The summed E-state index contributed by atoms with van der Waals surface area (Å²) in [6.45, 7) is 2.81. The van der Waals surface area contributed by atoms with Gasteiger partial charge in [0, 0.05) is 22.3 Å². The number of rotatable bonds is 4. The first-order valence-corrected chi connectivity index (χ1v) is 9.15. The molecule has 0 aliphatic carbocycles. The Hall–Kier alpha value is -2.12. The summed E-state index contributed by atoms with van der Waals surface area (Å²) in [4.78, 5) is 26.9. The molecule has 1 aromatic carbocycles. The standard InChI is InChI=1S/C19H20BrNO5/c1-11-17(19(24)25-2)15(9-12-8-13(20)5-6-16(12)22)18(23)21(11)10-14-4-3-7-26-14/h5-6,8-9,14,22H,3-4,7,10H2,1-2H3/b15-9-/t14-/m0/s1. The Balaban J connectivity index is 2.02. The van der Waals surface area contributed by atoms with Gasteiger partial charge in [0.05, 0.1) is 30.9 Å². The van der Waals surface area contributed by atoms with Crippen molar-refractivity contribution >= 4 is 33.9 Å². The van der Waals surface area contributed by atoms with Gasteiger partial charge in [-0.15, -0.1) is 0 Å². The summed E-state index contributed by atoms with van der Waals surface area (Å²) in [7, 11) is 1.28. The second kappa shape index (κ2) is 7.63. The third kappa shape index (κ3) is 3.54. The van der Waals surface area contributed by atoms with E-state index in [0.717, 1.165) is 17.3 Å². The minimum atomic E-state index is -0.577. The molecule has 1 amide bonds. The number of ether oxygens (including phenoxy) is 2. The highest BCUT2D eigenvalue weighted by molar-refractivity contribution is 9.10. The molecule has 0 bridgehead atoms. The second-order valence-corrected chi connectivity index (χ2v) is 7.18. The van der Waals surface area contributed by atoms with Gasteiger partial charge in [-0.25, -0.2) is 4.79 Å². The first-order chi connectivity index (χ1) is 12.4. The van der Waals surface area contributed by atoms with Gasteiger partial charge in [0.15, 0.2) is 0 Å². The van der Waals surface area contributed by atoms with Crippen LogP contribution in [0, 0.1) is 0 Å². The number of phenols is 1. The average molecular weight is 422 g/mol. The van der Waals surface area contributed by atoms with Gasteiger partial charge in [0.25, 0.3) is 5.91 Å². The maximum Gasteiger partial charge on any atom is 0.340 e. The van der Waals surface area contributed by atoms with Crippen LogP contribution < -0.4 is 0 Å². The summed E-state index contributed by atoms with van der Waals surface area (Å²) >= 11 is 3.34. The molecule has 1 aromatic rings. The van der Waals surface area contributed by atoms with Crippen molar-refractivity contribution < 1.29 is 24.2 Å². The third-order valence-electron chi connectivity index (χ3n) is 4.60. The van der Waals surface area contributed by atoms with Crippen molar-refractivity contribution in [3.63, 3.8) is 0 Å². The van der Waals surface area contributed by atoms with Crippen molar-refractivity contribution in [1.82, 2.24) is 4.90 Å². The second-order valence-electron chi connectivity index (χ2n) is 6.26. The summed E-state index contributed by atoms with van der Waals surface area (Å²) < 4.78 is 11.3. The van der Waals surface area contributed by atoms with E-state index in [1.54, 1.807) is 24.0 Å². The number of methoxy groups -OCH3 is 1. The number of nitrogens with zero attached hydrogens (tertiary/aromatic N) is 1. The van der Waals surface area contributed by atoms with E-state index in [-0.39, 0.29) is 28.9 Å². The van der Waals surface area contributed by atoms with Crippen LogP contribution in [0.25, 0.3) is 6.08 Å². The molecule has 138 valence electrons. The molecule has 1 atom stereocenters. The summed E-state index contributed by atoms with van der Waals surface area (Å²) in [5.41, 5.74) is 1.41. The molecule has 1 N–H and O–H groups in total. The maximum absolute atomic E-state index is 13.0. The van der Waals surface area contributed by atoms with E-state index in [2.05, 4.69) is 15.9 Å². The van der Waals surface area contributed by atoms with E-state index in [4.69, 9.17) is 9.47 Å². The zero-order valence-electron chi connectivity index (χ0n) is 14.6. The van der Waals surface area contributed by atoms with Crippen molar-refractivity contribution in [2.45, 2.75) is 25.9 Å². The molecule has 2 heterocycles. The molecule has 7 heteroatoms. The Kier molecular flexibility index (Phi) is 5.48. The molecule has 6 nitrogen and oxygen atoms in total. The fraction of sp³-hybridized carbons (Fsp3) is 0.368. The number of hydrogen-bond donors (Lipinski definition) is 1. The van der Waals surface area contributed by atoms with E-state index in [1.807, 2.05) is 0 Å². The number of carbonyl (C=O) groups excluding carboxylic acids is 2. The van der Waals surface area contributed by atoms with Crippen LogP contribution in [0.5, 0.6) is 5.75 Å². The molecule has 0 saturated carbocycles. The highest BCUT2D eigenvalue weighted by Crippen LogP contribution is 2.34. The number of phenolic OH excluding ortho intramolecular Hbond substituents is 1. The van der Waals surface area contributed by atoms with Crippen LogP contribution in [0.2, 0.25) is 0 Å². The monoisotopic (exact) mass is 421 g/mol. The lowest BCUT2D eigenvalue weighted by Gasteiger charge is -2.21. The maximum atomic E-state index is 13.0. The topological polar surface area (TPSA) is 76.1 Å². The molecule has 0 unspecified atom stereocenters. The predicted molar refractivity (Wildman–Crippen MR) is 99.2 cm³/mol. The molecule has 2 aliphatic heterocycles. The van der Waals surface area contributed by atoms with E-state index in [9.17, 15) is 14.7 Å². The van der Waals surface area contributed by atoms with Gasteiger partial charge < -0.3 is 19.5 Å². The van der Waals surface area contributed by atoms with Crippen LogP contribution in [0.15, 0.2) is 39.5 Å². The lowest BCUT2D eigenvalue weighted by Crippen LogP contribution is -2.33. The highest BCUT2D eigenvalue weighted by atomic mass is 79.9. The molecule has 0 radical (unpaired) electrons. The predicted octanol–water partition coefficient (Wildman–Crippen LogP) is 3.01. The van der Waals surface area contributed by atoms with Gasteiger partial charge in [-0.1, -0.05) is 15.9 Å². The van der Waals surface area contributed by atoms with Gasteiger partial charge in [-0.05, 0) is 44.0 Å². The smallest absolute Gasteiger partial charge is 0.340 e. The zero-order chi connectivity index (χ0) is 18.8. The van der Waals surface area contributed by atoms with Gasteiger partial charge >= 0.3 is 5.97 Å². The minimum Gasteiger partial charge on any atom is -0.507 e. The van der Waals surface area contributed by atoms with Gasteiger partial charge in [0.2, 0.25) is 0 Å². The molecular formula is C19H20BrNO5. The molecule has 3 rings (SSSR count). The molecule has 26 heavy (non-hydrogen) atoms. The van der Waals surface area contributed by atoms with Crippen molar-refractivity contribution in [2.24, 2.45) is 0 Å². The molecule has 1 saturated heterocycles. The Morgan fingerprint density at radius 2 is 2.27 bits per heavy atom. The Morgan fingerprint density at radius 1 is 1.50 bits per heavy atom. The largest absolute Gasteiger partial charge is 0.507 e. The SMILES string of the molecule is COC(=O)C1=C(C)N(C[C@@H]2CCCO2)C(=O)/C1=C\c1cc(Br)ccc1O. The van der Waals surface area contributed by atoms with Crippen LogP contribution in [0.1, 0.15) is 25.3 Å². The number of aromatic hydroxyl groups is 1. The summed E-state index contributed by atoms with van der Waals surface area (Å²) in [6.07, 6.45) is 3.34. The molecule has 0 spiro atoms. The summed E-state index contributed by atoms with van der Waals surface area (Å²) in [6, 6.07) is 4.90. The zero-order valence-corrected chi connectivity index (χ0v) is 16.2. The normalized spacial score (nSPS) is 21.8. The number of halogens is 1. The molecule has 2 aliphatic rings. The Labute approximate surface area is 160 Å². The fourth-order valence-electron chi connectivity index (χ4n) is 3.24.